The van der Waals surface area contributed by atoms with Gasteiger partial charge in [-0.3, -0.25) is 14.9 Å². The molecule has 1 aromatic rings. The van der Waals surface area contributed by atoms with Gasteiger partial charge in [-0.05, 0) is 18.9 Å². The van der Waals surface area contributed by atoms with Crippen LogP contribution in [0.5, 0.6) is 0 Å². The van der Waals surface area contributed by atoms with Crippen LogP contribution in [-0.2, 0) is 4.79 Å². The molecule has 1 aliphatic carbocycles. The van der Waals surface area contributed by atoms with Gasteiger partial charge in [0.25, 0.3) is 0 Å². The second-order valence-electron chi connectivity index (χ2n) is 4.50. The SMILES string of the molecule is O=C(N/N=C\c1ccc([N+](=O)[O-])o1)C1CCCCC1. The zero-order valence-corrected chi connectivity index (χ0v) is 10.4. The predicted octanol–water partition coefficient (Wildman–Crippen LogP) is 2.22. The monoisotopic (exact) mass is 265 g/mol. The lowest BCUT2D eigenvalue weighted by Crippen LogP contribution is -2.28. The van der Waals surface area contributed by atoms with Crippen molar-refractivity contribution in [1.29, 1.82) is 0 Å². The number of nitrogens with one attached hydrogen (secondary N) is 1. The minimum atomic E-state index is -0.627. The minimum absolute atomic E-state index is 0.0248. The summed E-state index contributed by atoms with van der Waals surface area (Å²) >= 11 is 0. The van der Waals surface area contributed by atoms with E-state index in [0.29, 0.717) is 0 Å². The Morgan fingerprint density at radius 1 is 1.42 bits per heavy atom. The van der Waals surface area contributed by atoms with E-state index in [1.807, 2.05) is 0 Å². The van der Waals surface area contributed by atoms with Crippen LogP contribution in [0.1, 0.15) is 37.9 Å². The van der Waals surface area contributed by atoms with Gasteiger partial charge >= 0.3 is 5.88 Å². The van der Waals surface area contributed by atoms with Crippen molar-refractivity contribution in [3.05, 3.63) is 28.0 Å². The summed E-state index contributed by atoms with van der Waals surface area (Å²) in [4.78, 5) is 21.5. The van der Waals surface area contributed by atoms with Gasteiger partial charge in [0.1, 0.15) is 4.92 Å². The predicted molar refractivity (Wildman–Crippen MR) is 67.7 cm³/mol. The molecule has 0 radical (unpaired) electrons. The summed E-state index contributed by atoms with van der Waals surface area (Å²) < 4.78 is 4.87. The molecule has 0 atom stereocenters. The highest BCUT2D eigenvalue weighted by molar-refractivity contribution is 5.81. The molecule has 0 aromatic carbocycles. The summed E-state index contributed by atoms with van der Waals surface area (Å²) in [7, 11) is 0. The number of hydrogen-bond acceptors (Lipinski definition) is 5. The molecule has 0 aliphatic heterocycles. The quantitative estimate of drug-likeness (QED) is 0.512. The number of furan rings is 1. The molecule has 1 saturated carbocycles. The van der Waals surface area contributed by atoms with Crippen LogP contribution < -0.4 is 5.43 Å². The lowest BCUT2D eigenvalue weighted by atomic mass is 9.89. The average molecular weight is 265 g/mol. The zero-order chi connectivity index (χ0) is 13.7. The van der Waals surface area contributed by atoms with Crippen LogP contribution in [0, 0.1) is 16.0 Å². The van der Waals surface area contributed by atoms with Gasteiger partial charge in [-0.25, -0.2) is 5.43 Å². The van der Waals surface area contributed by atoms with Gasteiger partial charge in [0, 0.05) is 5.92 Å². The summed E-state index contributed by atoms with van der Waals surface area (Å²) in [5.74, 6) is -0.190. The Morgan fingerprint density at radius 2 is 2.16 bits per heavy atom. The number of carbonyl (C=O) groups is 1. The highest BCUT2D eigenvalue weighted by atomic mass is 16.6. The fourth-order valence-corrected chi connectivity index (χ4v) is 2.13. The molecule has 0 spiro atoms. The second kappa shape index (κ2) is 6.12. The Morgan fingerprint density at radius 3 is 2.79 bits per heavy atom. The number of hydrazone groups is 1. The molecule has 102 valence electrons. The van der Waals surface area contributed by atoms with Gasteiger partial charge < -0.3 is 4.42 Å². The maximum Gasteiger partial charge on any atom is 0.433 e. The number of carbonyl (C=O) groups excluding carboxylic acids is 1. The van der Waals surface area contributed by atoms with E-state index in [1.54, 1.807) is 0 Å². The van der Waals surface area contributed by atoms with Crippen LogP contribution in [0.25, 0.3) is 0 Å². The first-order chi connectivity index (χ1) is 9.16. The Bertz CT molecular complexity index is 489. The maximum absolute atomic E-state index is 11.7. The minimum Gasteiger partial charge on any atom is -0.400 e. The van der Waals surface area contributed by atoms with E-state index >= 15 is 0 Å². The smallest absolute Gasteiger partial charge is 0.400 e. The van der Waals surface area contributed by atoms with Gasteiger partial charge in [-0.2, -0.15) is 5.10 Å². The average Bonchev–Trinajstić information content (AvgIpc) is 2.89. The third-order valence-corrected chi connectivity index (χ3v) is 3.14. The third-order valence-electron chi connectivity index (χ3n) is 3.14. The van der Waals surface area contributed by atoms with Crippen molar-refractivity contribution in [2.45, 2.75) is 32.1 Å². The summed E-state index contributed by atoms with van der Waals surface area (Å²) in [6.45, 7) is 0. The zero-order valence-electron chi connectivity index (χ0n) is 10.4. The molecule has 1 aromatic heterocycles. The molecular formula is C12H15N3O4. The van der Waals surface area contributed by atoms with Crippen molar-refractivity contribution in [3.63, 3.8) is 0 Å². The summed E-state index contributed by atoms with van der Waals surface area (Å²) in [5, 5.41) is 14.1. The molecule has 7 heteroatoms. The topological polar surface area (TPSA) is 97.7 Å². The Labute approximate surface area is 109 Å². The molecule has 1 amide bonds. The fourth-order valence-electron chi connectivity index (χ4n) is 2.13. The summed E-state index contributed by atoms with van der Waals surface area (Å²) in [6, 6.07) is 2.67. The van der Waals surface area contributed by atoms with Crippen LogP contribution in [0.2, 0.25) is 0 Å². The van der Waals surface area contributed by atoms with Gasteiger partial charge in [0.05, 0.1) is 12.3 Å². The molecule has 1 fully saturated rings. The standard InChI is InChI=1S/C12H15N3O4/c16-12(9-4-2-1-3-5-9)14-13-8-10-6-7-11(19-10)15(17)18/h6-9H,1-5H2,(H,14,16)/b13-8-. The van der Waals surface area contributed by atoms with Crippen LogP contribution in [-0.4, -0.2) is 17.0 Å². The first kappa shape index (κ1) is 13.3. The molecule has 2 rings (SSSR count). The van der Waals surface area contributed by atoms with Crippen LogP contribution in [0.15, 0.2) is 21.7 Å². The first-order valence-electron chi connectivity index (χ1n) is 6.24. The van der Waals surface area contributed by atoms with Crippen molar-refractivity contribution in [1.82, 2.24) is 5.43 Å². The van der Waals surface area contributed by atoms with Crippen molar-refractivity contribution >= 4 is 18.0 Å². The molecule has 19 heavy (non-hydrogen) atoms. The van der Waals surface area contributed by atoms with E-state index in [1.165, 1.54) is 24.8 Å². The van der Waals surface area contributed by atoms with E-state index in [9.17, 15) is 14.9 Å². The lowest BCUT2D eigenvalue weighted by molar-refractivity contribution is -0.402. The molecule has 0 unspecified atom stereocenters. The van der Waals surface area contributed by atoms with Gasteiger partial charge in [0.15, 0.2) is 5.76 Å². The Hall–Kier alpha value is -2.18. The number of nitrogens with zero attached hydrogens (tertiary/aromatic N) is 2. The van der Waals surface area contributed by atoms with Crippen LogP contribution >= 0.6 is 0 Å². The van der Waals surface area contributed by atoms with Crippen molar-refractivity contribution < 1.29 is 14.1 Å². The molecule has 1 heterocycles. The molecule has 0 saturated heterocycles. The van der Waals surface area contributed by atoms with Crippen molar-refractivity contribution in [2.75, 3.05) is 0 Å². The normalized spacial score (nSPS) is 16.6. The highest BCUT2D eigenvalue weighted by Crippen LogP contribution is 2.23. The number of nitro groups is 1. The van der Waals surface area contributed by atoms with Crippen LogP contribution in [0.4, 0.5) is 5.88 Å². The summed E-state index contributed by atoms with van der Waals surface area (Å²) in [6.07, 6.45) is 6.39. The fraction of sp³-hybridized carbons (Fsp3) is 0.500. The van der Waals surface area contributed by atoms with Gasteiger partial charge in [0.2, 0.25) is 5.91 Å². The Kier molecular flexibility index (Phi) is 4.27. The molecule has 1 aliphatic rings. The second-order valence-corrected chi connectivity index (χ2v) is 4.50. The van der Waals surface area contributed by atoms with E-state index in [-0.39, 0.29) is 23.5 Å². The third kappa shape index (κ3) is 3.64. The van der Waals surface area contributed by atoms with E-state index in [4.69, 9.17) is 4.42 Å². The van der Waals surface area contributed by atoms with E-state index < -0.39 is 4.92 Å². The highest BCUT2D eigenvalue weighted by Gasteiger charge is 2.20. The van der Waals surface area contributed by atoms with Crippen molar-refractivity contribution in [2.24, 2.45) is 11.0 Å². The van der Waals surface area contributed by atoms with Crippen molar-refractivity contribution in [3.8, 4) is 0 Å². The number of rotatable bonds is 4. The van der Waals surface area contributed by atoms with Gasteiger partial charge in [-0.15, -0.1) is 0 Å². The van der Waals surface area contributed by atoms with E-state index in [2.05, 4.69) is 10.5 Å². The number of amides is 1. The number of hydrogen-bond donors (Lipinski definition) is 1. The molecule has 0 bridgehead atoms. The van der Waals surface area contributed by atoms with Gasteiger partial charge in [-0.1, -0.05) is 19.3 Å². The van der Waals surface area contributed by atoms with Crippen LogP contribution in [0.3, 0.4) is 0 Å². The Balaban J connectivity index is 1.84. The maximum atomic E-state index is 11.7. The molecule has 7 nitrogen and oxygen atoms in total. The lowest BCUT2D eigenvalue weighted by Gasteiger charge is -2.19. The largest absolute Gasteiger partial charge is 0.433 e. The molecule has 1 N–H and O–H groups in total. The molecular weight excluding hydrogens is 250 g/mol. The van der Waals surface area contributed by atoms with E-state index in [0.717, 1.165) is 25.7 Å². The summed E-state index contributed by atoms with van der Waals surface area (Å²) in [5.41, 5.74) is 2.44. The first-order valence-corrected chi connectivity index (χ1v) is 6.24.